The van der Waals surface area contributed by atoms with Gasteiger partial charge in [-0.2, -0.15) is 0 Å². The Bertz CT molecular complexity index is 437. The number of nitrogen functional groups attached to an aromatic ring is 1. The number of carbonyl (C=O) groups excluding carboxylic acids is 1. The third-order valence-electron chi connectivity index (χ3n) is 3.11. The number of rotatable bonds is 2. The molecule has 1 aromatic carbocycles. The summed E-state index contributed by atoms with van der Waals surface area (Å²) >= 11 is 6.02. The number of hydrogen-bond acceptors (Lipinski definition) is 3. The lowest BCUT2D eigenvalue weighted by molar-refractivity contribution is 0.0678. The van der Waals surface area contributed by atoms with Crippen molar-refractivity contribution >= 4 is 23.2 Å². The molecular weight excluding hydrogens is 240 g/mol. The smallest absolute Gasteiger partial charge is 0.255 e. The third-order valence-corrected chi connectivity index (χ3v) is 3.53. The Hall–Kier alpha value is -1.26. The van der Waals surface area contributed by atoms with Crippen LogP contribution in [0.25, 0.3) is 0 Å². The van der Waals surface area contributed by atoms with Crippen molar-refractivity contribution in [1.29, 1.82) is 0 Å². The van der Waals surface area contributed by atoms with Gasteiger partial charge in [-0.1, -0.05) is 17.7 Å². The molecule has 1 saturated heterocycles. The van der Waals surface area contributed by atoms with Crippen LogP contribution in [-0.2, 0) is 0 Å². The second-order valence-corrected chi connectivity index (χ2v) is 4.56. The third kappa shape index (κ3) is 2.23. The summed E-state index contributed by atoms with van der Waals surface area (Å²) in [6.45, 7) is 0.654. The number of benzene rings is 1. The van der Waals surface area contributed by atoms with Crippen LogP contribution in [0.4, 0.5) is 5.69 Å². The molecule has 2 rings (SSSR count). The predicted molar refractivity (Wildman–Crippen MR) is 67.0 cm³/mol. The van der Waals surface area contributed by atoms with Gasteiger partial charge in [-0.05, 0) is 25.0 Å². The number of carbonyl (C=O) groups is 1. The van der Waals surface area contributed by atoms with Crippen molar-refractivity contribution in [3.8, 4) is 0 Å². The number of aliphatic hydroxyl groups is 1. The summed E-state index contributed by atoms with van der Waals surface area (Å²) in [4.78, 5) is 13.9. The molecule has 0 saturated carbocycles. The van der Waals surface area contributed by atoms with Crippen LogP contribution in [0.2, 0.25) is 5.02 Å². The van der Waals surface area contributed by atoms with E-state index in [1.165, 1.54) is 0 Å². The van der Waals surface area contributed by atoms with E-state index in [4.69, 9.17) is 17.3 Å². The fraction of sp³-hybridized carbons (Fsp3) is 0.417. The van der Waals surface area contributed by atoms with E-state index in [2.05, 4.69) is 0 Å². The highest BCUT2D eigenvalue weighted by Crippen LogP contribution is 2.27. The van der Waals surface area contributed by atoms with Crippen LogP contribution in [0.3, 0.4) is 0 Å². The Kier molecular flexibility index (Phi) is 3.54. The van der Waals surface area contributed by atoms with Crippen molar-refractivity contribution in [2.75, 3.05) is 18.9 Å². The zero-order chi connectivity index (χ0) is 12.4. The Labute approximate surface area is 105 Å². The minimum Gasteiger partial charge on any atom is -0.398 e. The average Bonchev–Trinajstić information content (AvgIpc) is 2.80. The number of halogens is 1. The predicted octanol–water partition coefficient (Wildman–Crippen LogP) is 1.52. The lowest BCUT2D eigenvalue weighted by Gasteiger charge is -2.23. The monoisotopic (exact) mass is 254 g/mol. The molecule has 1 fully saturated rings. The molecule has 17 heavy (non-hydrogen) atoms. The topological polar surface area (TPSA) is 66.6 Å². The Morgan fingerprint density at radius 2 is 2.35 bits per heavy atom. The van der Waals surface area contributed by atoms with Crippen molar-refractivity contribution in [2.45, 2.75) is 18.9 Å². The molecule has 1 aromatic rings. The fourth-order valence-corrected chi connectivity index (χ4v) is 2.37. The number of aliphatic hydroxyl groups excluding tert-OH is 1. The molecule has 92 valence electrons. The van der Waals surface area contributed by atoms with Gasteiger partial charge in [-0.3, -0.25) is 4.79 Å². The largest absolute Gasteiger partial charge is 0.398 e. The Morgan fingerprint density at radius 3 is 3.06 bits per heavy atom. The van der Waals surface area contributed by atoms with Crippen molar-refractivity contribution < 1.29 is 9.90 Å². The molecule has 1 aliphatic rings. The van der Waals surface area contributed by atoms with Crippen LogP contribution >= 0.6 is 11.6 Å². The van der Waals surface area contributed by atoms with Crippen LogP contribution in [0.5, 0.6) is 0 Å². The zero-order valence-electron chi connectivity index (χ0n) is 9.40. The van der Waals surface area contributed by atoms with Gasteiger partial charge in [0.25, 0.3) is 5.91 Å². The minimum absolute atomic E-state index is 0.00826. The van der Waals surface area contributed by atoms with Crippen molar-refractivity contribution in [1.82, 2.24) is 4.90 Å². The van der Waals surface area contributed by atoms with Crippen molar-refractivity contribution in [2.24, 2.45) is 0 Å². The lowest BCUT2D eigenvalue weighted by Crippen LogP contribution is -2.37. The lowest BCUT2D eigenvalue weighted by atomic mass is 10.1. The minimum atomic E-state index is -0.154. The molecule has 0 aliphatic carbocycles. The van der Waals surface area contributed by atoms with Gasteiger partial charge in [-0.15, -0.1) is 0 Å². The van der Waals surface area contributed by atoms with E-state index in [0.29, 0.717) is 22.8 Å². The van der Waals surface area contributed by atoms with Gasteiger partial charge >= 0.3 is 0 Å². The van der Waals surface area contributed by atoms with Crippen LogP contribution in [0.1, 0.15) is 23.2 Å². The van der Waals surface area contributed by atoms with Crippen LogP contribution in [-0.4, -0.2) is 35.1 Å². The van der Waals surface area contributed by atoms with Gasteiger partial charge in [0.1, 0.15) is 0 Å². The van der Waals surface area contributed by atoms with Crippen LogP contribution in [0.15, 0.2) is 18.2 Å². The summed E-state index contributed by atoms with van der Waals surface area (Å²) in [5, 5.41) is 9.50. The maximum Gasteiger partial charge on any atom is 0.255 e. The van der Waals surface area contributed by atoms with Gasteiger partial charge in [0.15, 0.2) is 0 Å². The molecule has 4 nitrogen and oxygen atoms in total. The van der Waals surface area contributed by atoms with Crippen molar-refractivity contribution in [3.63, 3.8) is 0 Å². The maximum absolute atomic E-state index is 12.3. The molecule has 0 unspecified atom stereocenters. The first-order chi connectivity index (χ1) is 8.15. The van der Waals surface area contributed by atoms with E-state index in [0.717, 1.165) is 12.8 Å². The number of nitrogens with zero attached hydrogens (tertiary/aromatic N) is 1. The molecule has 0 aromatic heterocycles. The normalized spacial score (nSPS) is 19.6. The van der Waals surface area contributed by atoms with E-state index in [1.807, 2.05) is 0 Å². The van der Waals surface area contributed by atoms with E-state index >= 15 is 0 Å². The molecule has 1 aliphatic heterocycles. The van der Waals surface area contributed by atoms with E-state index in [-0.39, 0.29) is 18.6 Å². The average molecular weight is 255 g/mol. The first-order valence-electron chi connectivity index (χ1n) is 5.61. The molecule has 0 radical (unpaired) electrons. The molecule has 1 heterocycles. The highest BCUT2D eigenvalue weighted by atomic mass is 35.5. The number of anilines is 1. The van der Waals surface area contributed by atoms with Gasteiger partial charge in [0.05, 0.1) is 28.9 Å². The molecule has 3 N–H and O–H groups in total. The summed E-state index contributed by atoms with van der Waals surface area (Å²) in [6, 6.07) is 4.93. The van der Waals surface area contributed by atoms with Gasteiger partial charge in [0.2, 0.25) is 0 Å². The quantitative estimate of drug-likeness (QED) is 0.787. The van der Waals surface area contributed by atoms with Crippen molar-refractivity contribution in [3.05, 3.63) is 28.8 Å². The van der Waals surface area contributed by atoms with Gasteiger partial charge in [0, 0.05) is 6.54 Å². The second kappa shape index (κ2) is 4.94. The number of amides is 1. The summed E-state index contributed by atoms with van der Waals surface area (Å²) in [5.74, 6) is -0.154. The SMILES string of the molecule is Nc1cccc(C(=O)N2CCC[C@H]2CO)c1Cl. The number of likely N-dealkylation sites (tertiary alicyclic amines) is 1. The summed E-state index contributed by atoms with van der Waals surface area (Å²) in [5.41, 5.74) is 6.48. The van der Waals surface area contributed by atoms with Gasteiger partial charge in [-0.25, -0.2) is 0 Å². The second-order valence-electron chi connectivity index (χ2n) is 4.19. The van der Waals surface area contributed by atoms with E-state index in [1.54, 1.807) is 23.1 Å². The molecule has 1 amide bonds. The number of nitrogens with two attached hydrogens (primary N) is 1. The highest BCUT2D eigenvalue weighted by Gasteiger charge is 2.29. The van der Waals surface area contributed by atoms with E-state index < -0.39 is 0 Å². The molecule has 0 spiro atoms. The molecular formula is C12H15ClN2O2. The first-order valence-corrected chi connectivity index (χ1v) is 5.98. The van der Waals surface area contributed by atoms with Crippen LogP contribution in [0, 0.1) is 0 Å². The fourth-order valence-electron chi connectivity index (χ4n) is 2.16. The Morgan fingerprint density at radius 1 is 1.59 bits per heavy atom. The first kappa shape index (κ1) is 12.2. The summed E-state index contributed by atoms with van der Waals surface area (Å²) in [7, 11) is 0. The summed E-state index contributed by atoms with van der Waals surface area (Å²) < 4.78 is 0. The van der Waals surface area contributed by atoms with E-state index in [9.17, 15) is 9.90 Å². The summed E-state index contributed by atoms with van der Waals surface area (Å²) in [6.07, 6.45) is 1.75. The van der Waals surface area contributed by atoms with Gasteiger partial charge < -0.3 is 15.7 Å². The zero-order valence-corrected chi connectivity index (χ0v) is 10.2. The number of hydrogen-bond donors (Lipinski definition) is 2. The molecule has 0 bridgehead atoms. The highest BCUT2D eigenvalue weighted by molar-refractivity contribution is 6.36. The molecule has 1 atom stereocenters. The molecule has 5 heteroatoms. The standard InChI is InChI=1S/C12H15ClN2O2/c13-11-9(4-1-5-10(11)14)12(17)15-6-2-3-8(15)7-16/h1,4-5,8,16H,2-3,6-7,14H2/t8-/m0/s1. The maximum atomic E-state index is 12.3. The van der Waals surface area contributed by atoms with Crippen LogP contribution < -0.4 is 5.73 Å². The Balaban J connectivity index is 2.28.